The number of benzene rings is 2. The molecule has 0 aliphatic carbocycles. The fourth-order valence-corrected chi connectivity index (χ4v) is 1.76. The molecule has 2 aromatic carbocycles. The number of anilines is 1. The standard InChI is InChI=1S/C17H16N2O2/c1-2-12-18-16(20)14-8-10-15(11-9-14)19-17(21)13-6-4-3-5-7-13/h2-11H,1,12H2,(H,18,20)(H,19,21). The summed E-state index contributed by atoms with van der Waals surface area (Å²) in [6.45, 7) is 3.96. The zero-order valence-corrected chi connectivity index (χ0v) is 11.5. The van der Waals surface area contributed by atoms with Gasteiger partial charge in [-0.05, 0) is 36.4 Å². The van der Waals surface area contributed by atoms with Crippen molar-refractivity contribution < 1.29 is 9.59 Å². The number of nitrogens with one attached hydrogen (secondary N) is 2. The minimum atomic E-state index is -0.181. The molecule has 0 bridgehead atoms. The summed E-state index contributed by atoms with van der Waals surface area (Å²) >= 11 is 0. The lowest BCUT2D eigenvalue weighted by Gasteiger charge is -2.07. The Balaban J connectivity index is 2.01. The minimum absolute atomic E-state index is 0.171. The van der Waals surface area contributed by atoms with Crippen molar-refractivity contribution in [3.05, 3.63) is 78.4 Å². The van der Waals surface area contributed by atoms with Gasteiger partial charge in [0.25, 0.3) is 11.8 Å². The summed E-state index contributed by atoms with van der Waals surface area (Å²) in [6, 6.07) is 15.7. The molecule has 0 saturated heterocycles. The van der Waals surface area contributed by atoms with E-state index in [1.54, 1.807) is 42.5 Å². The van der Waals surface area contributed by atoms with Gasteiger partial charge in [-0.25, -0.2) is 0 Å². The summed E-state index contributed by atoms with van der Waals surface area (Å²) in [5.41, 5.74) is 1.77. The van der Waals surface area contributed by atoms with Gasteiger partial charge in [0, 0.05) is 23.4 Å². The summed E-state index contributed by atoms with van der Waals surface area (Å²) in [6.07, 6.45) is 1.62. The van der Waals surface area contributed by atoms with Crippen LogP contribution >= 0.6 is 0 Å². The van der Waals surface area contributed by atoms with Gasteiger partial charge < -0.3 is 10.6 Å². The van der Waals surface area contributed by atoms with E-state index in [0.717, 1.165) is 0 Å². The van der Waals surface area contributed by atoms with E-state index < -0.39 is 0 Å². The smallest absolute Gasteiger partial charge is 0.255 e. The van der Waals surface area contributed by atoms with Gasteiger partial charge >= 0.3 is 0 Å². The number of amides is 2. The average molecular weight is 280 g/mol. The zero-order chi connectivity index (χ0) is 15.1. The molecule has 0 fully saturated rings. The van der Waals surface area contributed by atoms with Crippen LogP contribution in [0, 0.1) is 0 Å². The molecule has 0 aliphatic heterocycles. The molecule has 2 aromatic rings. The van der Waals surface area contributed by atoms with Crippen LogP contribution in [0.1, 0.15) is 20.7 Å². The van der Waals surface area contributed by atoms with Crippen molar-refractivity contribution in [1.29, 1.82) is 0 Å². The van der Waals surface area contributed by atoms with Crippen LogP contribution in [0.3, 0.4) is 0 Å². The van der Waals surface area contributed by atoms with E-state index in [2.05, 4.69) is 17.2 Å². The molecular formula is C17H16N2O2. The Kier molecular flexibility index (Phi) is 4.88. The molecule has 4 nitrogen and oxygen atoms in total. The minimum Gasteiger partial charge on any atom is -0.349 e. The molecule has 0 spiro atoms. The third kappa shape index (κ3) is 4.04. The van der Waals surface area contributed by atoms with Crippen LogP contribution in [0.5, 0.6) is 0 Å². The van der Waals surface area contributed by atoms with Gasteiger partial charge in [0.15, 0.2) is 0 Å². The van der Waals surface area contributed by atoms with Crippen molar-refractivity contribution in [2.75, 3.05) is 11.9 Å². The molecule has 0 aliphatic rings. The van der Waals surface area contributed by atoms with Crippen LogP contribution in [0.4, 0.5) is 5.69 Å². The summed E-state index contributed by atoms with van der Waals surface area (Å²) in [4.78, 5) is 23.7. The Morgan fingerprint density at radius 3 is 2.14 bits per heavy atom. The highest BCUT2D eigenvalue weighted by Gasteiger charge is 2.07. The molecule has 2 rings (SSSR count). The Morgan fingerprint density at radius 1 is 0.905 bits per heavy atom. The predicted molar refractivity (Wildman–Crippen MR) is 83.4 cm³/mol. The second-order valence-electron chi connectivity index (χ2n) is 4.40. The molecule has 0 unspecified atom stereocenters. The molecule has 0 aromatic heterocycles. The number of carbonyl (C=O) groups is 2. The third-order valence-corrected chi connectivity index (χ3v) is 2.85. The summed E-state index contributed by atoms with van der Waals surface area (Å²) < 4.78 is 0. The zero-order valence-electron chi connectivity index (χ0n) is 11.5. The van der Waals surface area contributed by atoms with E-state index in [9.17, 15) is 9.59 Å². The summed E-state index contributed by atoms with van der Waals surface area (Å²) in [7, 11) is 0. The van der Waals surface area contributed by atoms with Crippen molar-refractivity contribution in [3.8, 4) is 0 Å². The molecule has 4 heteroatoms. The molecule has 0 radical (unpaired) electrons. The topological polar surface area (TPSA) is 58.2 Å². The normalized spacial score (nSPS) is 9.71. The first-order valence-electron chi connectivity index (χ1n) is 6.56. The van der Waals surface area contributed by atoms with Gasteiger partial charge in [-0.1, -0.05) is 24.3 Å². The van der Waals surface area contributed by atoms with Gasteiger partial charge in [0.2, 0.25) is 0 Å². The second kappa shape index (κ2) is 7.05. The molecule has 2 amide bonds. The Morgan fingerprint density at radius 2 is 1.52 bits per heavy atom. The van der Waals surface area contributed by atoms with Crippen molar-refractivity contribution >= 4 is 17.5 Å². The highest BCUT2D eigenvalue weighted by molar-refractivity contribution is 6.04. The van der Waals surface area contributed by atoms with Crippen molar-refractivity contribution in [1.82, 2.24) is 5.32 Å². The first kappa shape index (κ1) is 14.5. The number of rotatable bonds is 5. The molecule has 106 valence electrons. The number of carbonyl (C=O) groups excluding carboxylic acids is 2. The first-order chi connectivity index (χ1) is 10.2. The molecule has 0 saturated carbocycles. The van der Waals surface area contributed by atoms with Crippen molar-refractivity contribution in [2.24, 2.45) is 0 Å². The van der Waals surface area contributed by atoms with Gasteiger partial charge in [0.1, 0.15) is 0 Å². The van der Waals surface area contributed by atoms with Crippen LogP contribution in [-0.4, -0.2) is 18.4 Å². The van der Waals surface area contributed by atoms with E-state index >= 15 is 0 Å². The summed E-state index contributed by atoms with van der Waals surface area (Å²) in [5, 5.41) is 5.47. The van der Waals surface area contributed by atoms with Gasteiger partial charge in [0.05, 0.1) is 0 Å². The van der Waals surface area contributed by atoms with Crippen LogP contribution in [0.2, 0.25) is 0 Å². The van der Waals surface area contributed by atoms with Gasteiger partial charge in [-0.3, -0.25) is 9.59 Å². The maximum atomic E-state index is 12.0. The van der Waals surface area contributed by atoms with E-state index in [1.807, 2.05) is 18.2 Å². The van der Waals surface area contributed by atoms with Gasteiger partial charge in [-0.15, -0.1) is 6.58 Å². The maximum absolute atomic E-state index is 12.0. The van der Waals surface area contributed by atoms with E-state index in [4.69, 9.17) is 0 Å². The molecular weight excluding hydrogens is 264 g/mol. The van der Waals surface area contributed by atoms with Crippen LogP contribution < -0.4 is 10.6 Å². The molecule has 21 heavy (non-hydrogen) atoms. The van der Waals surface area contributed by atoms with Crippen LogP contribution in [0.15, 0.2) is 67.3 Å². The quantitative estimate of drug-likeness (QED) is 0.827. The second-order valence-corrected chi connectivity index (χ2v) is 4.40. The van der Waals surface area contributed by atoms with E-state index in [0.29, 0.717) is 23.4 Å². The van der Waals surface area contributed by atoms with Crippen molar-refractivity contribution in [2.45, 2.75) is 0 Å². The van der Waals surface area contributed by atoms with Crippen LogP contribution in [-0.2, 0) is 0 Å². The molecule has 0 atom stereocenters. The number of hydrogen-bond acceptors (Lipinski definition) is 2. The molecule has 2 N–H and O–H groups in total. The lowest BCUT2D eigenvalue weighted by molar-refractivity contribution is 0.0957. The Labute approximate surface area is 123 Å². The van der Waals surface area contributed by atoms with Crippen LogP contribution in [0.25, 0.3) is 0 Å². The fourth-order valence-electron chi connectivity index (χ4n) is 1.76. The highest BCUT2D eigenvalue weighted by atomic mass is 16.2. The number of hydrogen-bond donors (Lipinski definition) is 2. The SMILES string of the molecule is C=CCNC(=O)c1ccc(NC(=O)c2ccccc2)cc1. The van der Waals surface area contributed by atoms with E-state index in [-0.39, 0.29) is 11.8 Å². The monoisotopic (exact) mass is 280 g/mol. The Hall–Kier alpha value is -2.88. The van der Waals surface area contributed by atoms with Crippen molar-refractivity contribution in [3.63, 3.8) is 0 Å². The largest absolute Gasteiger partial charge is 0.349 e. The lowest BCUT2D eigenvalue weighted by Crippen LogP contribution is -2.23. The fraction of sp³-hybridized carbons (Fsp3) is 0.0588. The highest BCUT2D eigenvalue weighted by Crippen LogP contribution is 2.11. The summed E-state index contributed by atoms with van der Waals surface area (Å²) in [5.74, 6) is -0.352. The van der Waals surface area contributed by atoms with E-state index in [1.165, 1.54) is 0 Å². The van der Waals surface area contributed by atoms with Gasteiger partial charge in [-0.2, -0.15) is 0 Å². The Bertz CT molecular complexity index is 634. The molecule has 0 heterocycles. The lowest BCUT2D eigenvalue weighted by atomic mass is 10.1. The first-order valence-corrected chi connectivity index (χ1v) is 6.56. The average Bonchev–Trinajstić information content (AvgIpc) is 2.54. The third-order valence-electron chi connectivity index (χ3n) is 2.85. The predicted octanol–water partition coefficient (Wildman–Crippen LogP) is 2.85. The maximum Gasteiger partial charge on any atom is 0.255 e.